The van der Waals surface area contributed by atoms with E-state index >= 15 is 0 Å². The van der Waals surface area contributed by atoms with Crippen LogP contribution in [0.3, 0.4) is 0 Å². The topological polar surface area (TPSA) is 66.6 Å². The van der Waals surface area contributed by atoms with Gasteiger partial charge in [-0.25, -0.2) is 0 Å². The largest absolute Gasteiger partial charge is 0.397 e. The van der Waals surface area contributed by atoms with Crippen LogP contribution in [-0.4, -0.2) is 33.4 Å². The third kappa shape index (κ3) is 1.54. The van der Waals surface area contributed by atoms with Gasteiger partial charge in [-0.15, -0.1) is 0 Å². The van der Waals surface area contributed by atoms with E-state index in [1.807, 2.05) is 12.1 Å². The van der Waals surface area contributed by atoms with Gasteiger partial charge in [0.05, 0.1) is 11.4 Å². The molecule has 0 saturated carbocycles. The number of nitrogens with zero attached hydrogens (tertiary/aromatic N) is 2. The normalized spacial score (nSPS) is 15.6. The smallest absolute Gasteiger partial charge is 0.303 e. The number of benzene rings is 1. The molecule has 0 unspecified atom stereocenters. The molecule has 2 rings (SSSR count). The minimum atomic E-state index is -3.43. The van der Waals surface area contributed by atoms with Gasteiger partial charge >= 0.3 is 10.2 Å². The lowest BCUT2D eigenvalue weighted by Gasteiger charge is -2.24. The highest BCUT2D eigenvalue weighted by atomic mass is 32.2. The van der Waals surface area contributed by atoms with E-state index in [4.69, 9.17) is 5.73 Å². The van der Waals surface area contributed by atoms with Crippen LogP contribution >= 0.6 is 0 Å². The van der Waals surface area contributed by atoms with Crippen LogP contribution in [0.2, 0.25) is 0 Å². The van der Waals surface area contributed by atoms with E-state index in [2.05, 4.69) is 0 Å². The number of fused-ring (bicyclic) bond motifs is 1. The van der Waals surface area contributed by atoms with Crippen LogP contribution in [0.4, 0.5) is 11.4 Å². The Bertz CT molecular complexity index is 511. The highest BCUT2D eigenvalue weighted by molar-refractivity contribution is 7.90. The van der Waals surface area contributed by atoms with E-state index in [0.29, 0.717) is 24.3 Å². The fourth-order valence-corrected chi connectivity index (χ4v) is 3.05. The van der Waals surface area contributed by atoms with Crippen LogP contribution in [0, 0.1) is 0 Å². The number of hydrogen-bond acceptors (Lipinski definition) is 3. The van der Waals surface area contributed by atoms with Crippen LogP contribution in [0.15, 0.2) is 18.2 Å². The van der Waals surface area contributed by atoms with Gasteiger partial charge in [-0.2, -0.15) is 12.7 Å². The monoisotopic (exact) mass is 241 g/mol. The predicted molar refractivity (Wildman–Crippen MR) is 64.5 cm³/mol. The first-order valence-corrected chi connectivity index (χ1v) is 6.42. The molecule has 1 aromatic rings. The van der Waals surface area contributed by atoms with E-state index in [9.17, 15) is 8.42 Å². The Labute approximate surface area is 95.6 Å². The van der Waals surface area contributed by atoms with Crippen molar-refractivity contribution in [3.8, 4) is 0 Å². The summed E-state index contributed by atoms with van der Waals surface area (Å²) in [5.41, 5.74) is 7.98. The van der Waals surface area contributed by atoms with Crippen molar-refractivity contribution in [3.05, 3.63) is 23.8 Å². The van der Waals surface area contributed by atoms with Crippen molar-refractivity contribution in [2.45, 2.75) is 6.42 Å². The van der Waals surface area contributed by atoms with Crippen molar-refractivity contribution in [1.82, 2.24) is 4.31 Å². The summed E-state index contributed by atoms with van der Waals surface area (Å²) < 4.78 is 26.7. The quantitative estimate of drug-likeness (QED) is 0.764. The Morgan fingerprint density at radius 3 is 2.69 bits per heavy atom. The average Bonchev–Trinajstić information content (AvgIpc) is 2.63. The number of para-hydroxylation sites is 1. The molecule has 0 bridgehead atoms. The Kier molecular flexibility index (Phi) is 2.55. The maximum atomic E-state index is 12.0. The molecule has 1 aliphatic rings. The summed E-state index contributed by atoms with van der Waals surface area (Å²) in [4.78, 5) is 0. The van der Waals surface area contributed by atoms with Crippen molar-refractivity contribution in [2.24, 2.45) is 0 Å². The molecule has 0 aliphatic carbocycles. The predicted octanol–water partition coefficient (Wildman–Crippen LogP) is 0.438. The van der Waals surface area contributed by atoms with E-state index in [0.717, 1.165) is 5.56 Å². The zero-order valence-electron chi connectivity index (χ0n) is 9.34. The Morgan fingerprint density at radius 2 is 2.06 bits per heavy atom. The second-order valence-corrected chi connectivity index (χ2v) is 6.03. The first kappa shape index (κ1) is 11.2. The lowest BCUT2D eigenvalue weighted by molar-refractivity contribution is 0.517. The fourth-order valence-electron chi connectivity index (χ4n) is 1.88. The lowest BCUT2D eigenvalue weighted by Crippen LogP contribution is -2.39. The van der Waals surface area contributed by atoms with E-state index < -0.39 is 10.2 Å². The zero-order chi connectivity index (χ0) is 11.9. The van der Waals surface area contributed by atoms with Crippen molar-refractivity contribution in [3.63, 3.8) is 0 Å². The molecule has 16 heavy (non-hydrogen) atoms. The molecular weight excluding hydrogens is 226 g/mol. The maximum absolute atomic E-state index is 12.0. The summed E-state index contributed by atoms with van der Waals surface area (Å²) in [6, 6.07) is 5.49. The molecule has 0 amide bonds. The Morgan fingerprint density at radius 1 is 1.38 bits per heavy atom. The summed E-state index contributed by atoms with van der Waals surface area (Å²) >= 11 is 0. The summed E-state index contributed by atoms with van der Waals surface area (Å²) in [6.45, 7) is 0.462. The molecule has 0 saturated heterocycles. The fraction of sp³-hybridized carbons (Fsp3) is 0.400. The van der Waals surface area contributed by atoms with Gasteiger partial charge in [0.2, 0.25) is 0 Å². The second-order valence-electron chi connectivity index (χ2n) is 3.97. The Hall–Kier alpha value is -1.27. The van der Waals surface area contributed by atoms with Crippen LogP contribution < -0.4 is 10.0 Å². The number of nitrogens with two attached hydrogens (primary N) is 1. The molecule has 5 nitrogen and oxygen atoms in total. The first-order chi connectivity index (χ1) is 7.44. The highest BCUT2D eigenvalue weighted by Crippen LogP contribution is 2.35. The standard InChI is InChI=1S/C10H15N3O2S/c1-12(2)16(14,15)13-7-6-8-4-3-5-9(11)10(8)13/h3-5H,6-7,11H2,1-2H3. The summed E-state index contributed by atoms with van der Waals surface area (Å²) in [6.07, 6.45) is 0.716. The van der Waals surface area contributed by atoms with Gasteiger partial charge in [0.25, 0.3) is 0 Å². The van der Waals surface area contributed by atoms with Crippen molar-refractivity contribution in [1.29, 1.82) is 0 Å². The molecule has 2 N–H and O–H groups in total. The maximum Gasteiger partial charge on any atom is 0.303 e. The summed E-state index contributed by atoms with van der Waals surface area (Å²) in [7, 11) is -0.385. The lowest BCUT2D eigenvalue weighted by atomic mass is 10.1. The number of nitrogen functional groups attached to an aromatic ring is 1. The average molecular weight is 241 g/mol. The molecule has 1 aromatic carbocycles. The molecule has 0 fully saturated rings. The van der Waals surface area contributed by atoms with Gasteiger partial charge in [0.15, 0.2) is 0 Å². The van der Waals surface area contributed by atoms with Gasteiger partial charge in [-0.05, 0) is 18.1 Å². The van der Waals surface area contributed by atoms with Crippen molar-refractivity contribution >= 4 is 21.6 Å². The van der Waals surface area contributed by atoms with Crippen LogP contribution in [0.5, 0.6) is 0 Å². The van der Waals surface area contributed by atoms with Gasteiger partial charge in [0.1, 0.15) is 0 Å². The summed E-state index contributed by atoms with van der Waals surface area (Å²) in [5, 5.41) is 0. The van der Waals surface area contributed by atoms with Crippen molar-refractivity contribution < 1.29 is 8.42 Å². The van der Waals surface area contributed by atoms with Gasteiger partial charge in [0, 0.05) is 20.6 Å². The van der Waals surface area contributed by atoms with E-state index in [1.165, 1.54) is 22.7 Å². The molecule has 0 aromatic heterocycles. The van der Waals surface area contributed by atoms with Gasteiger partial charge < -0.3 is 5.73 Å². The zero-order valence-corrected chi connectivity index (χ0v) is 10.2. The number of anilines is 2. The molecular formula is C10H15N3O2S. The molecule has 0 spiro atoms. The molecule has 0 atom stereocenters. The minimum Gasteiger partial charge on any atom is -0.397 e. The SMILES string of the molecule is CN(C)S(=O)(=O)N1CCc2cccc(N)c21. The van der Waals surface area contributed by atoms with Crippen LogP contribution in [-0.2, 0) is 16.6 Å². The summed E-state index contributed by atoms with van der Waals surface area (Å²) in [5.74, 6) is 0. The van der Waals surface area contributed by atoms with Crippen molar-refractivity contribution in [2.75, 3.05) is 30.7 Å². The molecule has 0 radical (unpaired) electrons. The third-order valence-electron chi connectivity index (χ3n) is 2.72. The third-order valence-corrected chi connectivity index (χ3v) is 4.57. The van der Waals surface area contributed by atoms with E-state index in [-0.39, 0.29) is 0 Å². The molecule has 6 heteroatoms. The minimum absolute atomic E-state index is 0.462. The molecule has 1 heterocycles. The number of rotatable bonds is 2. The number of hydrogen-bond donors (Lipinski definition) is 1. The van der Waals surface area contributed by atoms with E-state index in [1.54, 1.807) is 6.07 Å². The van der Waals surface area contributed by atoms with Crippen LogP contribution in [0.25, 0.3) is 0 Å². The van der Waals surface area contributed by atoms with Gasteiger partial charge in [-0.1, -0.05) is 12.1 Å². The Balaban J connectivity index is 2.53. The van der Waals surface area contributed by atoms with Gasteiger partial charge in [-0.3, -0.25) is 4.31 Å². The van der Waals surface area contributed by atoms with Crippen LogP contribution in [0.1, 0.15) is 5.56 Å². The second kappa shape index (κ2) is 3.64. The first-order valence-electron chi connectivity index (χ1n) is 5.02. The highest BCUT2D eigenvalue weighted by Gasteiger charge is 2.32. The molecule has 1 aliphatic heterocycles. The molecule has 88 valence electrons.